The fourth-order valence-corrected chi connectivity index (χ4v) is 6.92. The minimum absolute atomic E-state index is 0.0329. The van der Waals surface area contributed by atoms with Gasteiger partial charge in [0.2, 0.25) is 5.91 Å². The molecule has 15 heteroatoms. The van der Waals surface area contributed by atoms with Crippen molar-refractivity contribution in [2.45, 2.75) is 32.5 Å². The van der Waals surface area contributed by atoms with Crippen molar-refractivity contribution in [3.05, 3.63) is 95.8 Å². The third kappa shape index (κ3) is 6.62. The number of piperazine rings is 1. The molecule has 2 saturated heterocycles. The molecule has 260 valence electrons. The topological polar surface area (TPSA) is 163 Å². The number of urea groups is 1. The SMILES string of the molecule is C[C@@H]1CNC(=O)c2cc3ccc(C(=O)Nc4cnn(Cc5ccc(N6CCN(Cc7cncc(N8CCC(=O)NC8=O)c7)CC6)cc5)c4)nc3n21. The molecule has 8 rings (SSSR count). The van der Waals surface area contributed by atoms with Gasteiger partial charge in [-0.1, -0.05) is 12.1 Å². The molecule has 2 fully saturated rings. The Balaban J connectivity index is 0.837. The van der Waals surface area contributed by atoms with Crippen molar-refractivity contribution in [2.75, 3.05) is 54.4 Å². The normalized spacial score (nSPS) is 18.1. The molecule has 1 aromatic carbocycles. The summed E-state index contributed by atoms with van der Waals surface area (Å²) in [4.78, 5) is 64.5. The van der Waals surface area contributed by atoms with Crippen molar-refractivity contribution in [3.63, 3.8) is 0 Å². The molecular weight excluding hydrogens is 650 g/mol. The fraction of sp³-hybridized carbons (Fsp3) is 0.306. The van der Waals surface area contributed by atoms with Gasteiger partial charge in [-0.2, -0.15) is 5.10 Å². The molecule has 0 aliphatic carbocycles. The summed E-state index contributed by atoms with van der Waals surface area (Å²) in [5.74, 6) is -0.740. The molecule has 3 N–H and O–H groups in total. The molecule has 0 spiro atoms. The van der Waals surface area contributed by atoms with Crippen LogP contribution in [0.4, 0.5) is 21.9 Å². The van der Waals surface area contributed by atoms with E-state index >= 15 is 0 Å². The summed E-state index contributed by atoms with van der Waals surface area (Å²) < 4.78 is 3.67. The van der Waals surface area contributed by atoms with Crippen LogP contribution >= 0.6 is 0 Å². The highest BCUT2D eigenvalue weighted by Crippen LogP contribution is 2.26. The molecule has 0 bridgehead atoms. The summed E-state index contributed by atoms with van der Waals surface area (Å²) in [7, 11) is 0. The number of benzene rings is 1. The fourth-order valence-electron chi connectivity index (χ4n) is 6.92. The van der Waals surface area contributed by atoms with Crippen LogP contribution in [0.25, 0.3) is 11.0 Å². The van der Waals surface area contributed by atoms with Crippen LogP contribution in [0.3, 0.4) is 0 Å². The number of aromatic nitrogens is 5. The molecule has 0 unspecified atom stereocenters. The van der Waals surface area contributed by atoms with Crippen LogP contribution < -0.4 is 25.8 Å². The van der Waals surface area contributed by atoms with Crippen molar-refractivity contribution in [1.82, 2.24) is 39.8 Å². The van der Waals surface area contributed by atoms with Gasteiger partial charge in [0.05, 0.1) is 36.4 Å². The molecular formula is C36H37N11O4. The van der Waals surface area contributed by atoms with Gasteiger partial charge in [-0.15, -0.1) is 0 Å². The van der Waals surface area contributed by atoms with Crippen LogP contribution in [0.5, 0.6) is 0 Å². The summed E-state index contributed by atoms with van der Waals surface area (Å²) in [6, 6.07) is 15.3. The van der Waals surface area contributed by atoms with Crippen molar-refractivity contribution in [3.8, 4) is 0 Å². The van der Waals surface area contributed by atoms with Gasteiger partial charge in [0, 0.05) is 75.7 Å². The largest absolute Gasteiger partial charge is 0.369 e. The zero-order chi connectivity index (χ0) is 35.1. The number of hydrogen-bond acceptors (Lipinski definition) is 9. The summed E-state index contributed by atoms with van der Waals surface area (Å²) in [5.41, 5.74) is 5.96. The first kappa shape index (κ1) is 32.1. The van der Waals surface area contributed by atoms with Crippen LogP contribution in [0.15, 0.2) is 73.3 Å². The second kappa shape index (κ2) is 13.3. The number of rotatable bonds is 8. The van der Waals surface area contributed by atoms with Crippen LogP contribution in [-0.4, -0.2) is 92.2 Å². The number of carbonyl (C=O) groups excluding carboxylic acids is 4. The van der Waals surface area contributed by atoms with Gasteiger partial charge < -0.3 is 20.1 Å². The molecule has 7 heterocycles. The Labute approximate surface area is 293 Å². The van der Waals surface area contributed by atoms with Crippen LogP contribution in [0, 0.1) is 0 Å². The van der Waals surface area contributed by atoms with Crippen molar-refractivity contribution >= 4 is 51.8 Å². The van der Waals surface area contributed by atoms with E-state index in [9.17, 15) is 19.2 Å². The Bertz CT molecular complexity index is 2150. The minimum Gasteiger partial charge on any atom is -0.369 e. The number of carbonyl (C=O) groups is 4. The quantitative estimate of drug-likeness (QED) is 0.223. The second-order valence-electron chi connectivity index (χ2n) is 13.2. The zero-order valence-electron chi connectivity index (χ0n) is 28.1. The number of pyridine rings is 2. The van der Waals surface area contributed by atoms with E-state index in [1.807, 2.05) is 29.8 Å². The van der Waals surface area contributed by atoms with Crippen LogP contribution in [0.1, 0.15) is 51.5 Å². The van der Waals surface area contributed by atoms with E-state index in [1.54, 1.807) is 40.3 Å². The van der Waals surface area contributed by atoms with Crippen molar-refractivity contribution in [1.29, 1.82) is 0 Å². The zero-order valence-corrected chi connectivity index (χ0v) is 28.1. The van der Waals surface area contributed by atoms with Crippen LogP contribution in [-0.2, 0) is 17.9 Å². The molecule has 5 amide bonds. The van der Waals surface area contributed by atoms with E-state index in [1.165, 1.54) is 0 Å². The number of anilines is 3. The molecule has 3 aliphatic heterocycles. The smallest absolute Gasteiger partial charge is 0.328 e. The number of nitrogens with one attached hydrogen (secondary N) is 3. The third-order valence-corrected chi connectivity index (χ3v) is 9.61. The lowest BCUT2D eigenvalue weighted by molar-refractivity contribution is -0.120. The Morgan fingerprint density at radius 2 is 1.73 bits per heavy atom. The Kier molecular flexibility index (Phi) is 8.39. The first-order chi connectivity index (χ1) is 24.8. The predicted molar refractivity (Wildman–Crippen MR) is 190 cm³/mol. The van der Waals surface area contributed by atoms with E-state index in [4.69, 9.17) is 0 Å². The molecule has 4 aromatic heterocycles. The van der Waals surface area contributed by atoms with E-state index < -0.39 is 6.03 Å². The monoisotopic (exact) mass is 687 g/mol. The highest BCUT2D eigenvalue weighted by molar-refractivity contribution is 6.06. The lowest BCUT2D eigenvalue weighted by Gasteiger charge is -2.36. The van der Waals surface area contributed by atoms with Gasteiger partial charge in [-0.3, -0.25) is 39.2 Å². The summed E-state index contributed by atoms with van der Waals surface area (Å²) >= 11 is 0. The maximum Gasteiger partial charge on any atom is 0.328 e. The number of imide groups is 1. The summed E-state index contributed by atoms with van der Waals surface area (Å²) in [6.07, 6.45) is 7.18. The van der Waals surface area contributed by atoms with Crippen molar-refractivity contribution in [2.24, 2.45) is 0 Å². The predicted octanol–water partition coefficient (Wildman–Crippen LogP) is 3.00. The van der Waals surface area contributed by atoms with E-state index in [0.29, 0.717) is 42.4 Å². The molecule has 15 nitrogen and oxygen atoms in total. The maximum atomic E-state index is 13.1. The van der Waals surface area contributed by atoms with E-state index in [-0.39, 0.29) is 35.9 Å². The molecule has 51 heavy (non-hydrogen) atoms. The van der Waals surface area contributed by atoms with Crippen molar-refractivity contribution < 1.29 is 19.2 Å². The van der Waals surface area contributed by atoms with Gasteiger partial charge in [-0.05, 0) is 54.4 Å². The molecule has 0 radical (unpaired) electrons. The highest BCUT2D eigenvalue weighted by atomic mass is 16.2. The Morgan fingerprint density at radius 1 is 0.902 bits per heavy atom. The lowest BCUT2D eigenvalue weighted by Crippen LogP contribution is -2.49. The Morgan fingerprint density at radius 3 is 2.53 bits per heavy atom. The van der Waals surface area contributed by atoms with Crippen LogP contribution in [0.2, 0.25) is 0 Å². The number of hydrogen-bond donors (Lipinski definition) is 3. The minimum atomic E-state index is -0.407. The first-order valence-corrected chi connectivity index (χ1v) is 17.0. The molecule has 1 atom stereocenters. The maximum absolute atomic E-state index is 13.1. The average Bonchev–Trinajstić information content (AvgIpc) is 3.75. The van der Waals surface area contributed by atoms with Gasteiger partial charge in [0.1, 0.15) is 17.0 Å². The molecule has 5 aromatic rings. The lowest BCUT2D eigenvalue weighted by atomic mass is 10.1. The highest BCUT2D eigenvalue weighted by Gasteiger charge is 2.27. The number of fused-ring (bicyclic) bond motifs is 3. The van der Waals surface area contributed by atoms with E-state index in [0.717, 1.165) is 54.9 Å². The summed E-state index contributed by atoms with van der Waals surface area (Å²) in [5, 5.41) is 13.4. The molecule has 0 saturated carbocycles. The van der Waals surface area contributed by atoms with Gasteiger partial charge in [0.15, 0.2) is 0 Å². The number of amides is 5. The summed E-state index contributed by atoms with van der Waals surface area (Å²) in [6.45, 7) is 7.70. The Hall–Kier alpha value is -6.09. The second-order valence-corrected chi connectivity index (χ2v) is 13.2. The van der Waals surface area contributed by atoms with Gasteiger partial charge >= 0.3 is 6.03 Å². The average molecular weight is 688 g/mol. The molecule has 3 aliphatic rings. The van der Waals surface area contributed by atoms with Gasteiger partial charge in [0.25, 0.3) is 11.8 Å². The van der Waals surface area contributed by atoms with Gasteiger partial charge in [-0.25, -0.2) is 9.78 Å². The van der Waals surface area contributed by atoms with E-state index in [2.05, 4.69) is 65.1 Å². The standard InChI is InChI=1S/C36H37N11O4/c1-23-16-38-35(50)31-15-26-4-7-30(41-33(26)47(23)31)34(49)40-27-18-39-45(22-27)21-24-2-5-28(6-3-24)44-12-10-43(11-13-44)20-25-14-29(19-37-17-25)46-9-8-32(48)42-36(46)51/h2-7,14-15,17-19,22-23H,8-13,16,20-21H2,1H3,(H,38,50)(H,40,49)(H,42,48,51)/t23-/m1/s1. The number of nitrogens with zero attached hydrogens (tertiary/aromatic N) is 8. The third-order valence-electron chi connectivity index (χ3n) is 9.61. The first-order valence-electron chi connectivity index (χ1n) is 17.0.